The lowest BCUT2D eigenvalue weighted by molar-refractivity contribution is -0.139. The van der Waals surface area contributed by atoms with Gasteiger partial charge in [0.1, 0.15) is 11.5 Å². The Morgan fingerprint density at radius 1 is 0.897 bits per heavy atom. The van der Waals surface area contributed by atoms with Gasteiger partial charge in [0.2, 0.25) is 5.75 Å². The molecule has 8 heteroatoms. The monoisotopic (exact) mass is 531 g/mol. The van der Waals surface area contributed by atoms with Gasteiger partial charge < -0.3 is 29.0 Å². The van der Waals surface area contributed by atoms with Crippen LogP contribution in [0.5, 0.6) is 23.0 Å². The number of Topliss-reactive ketones (excluding diaryl/α,β-unsaturated/α-hetero) is 1. The number of hydrogen-bond donors (Lipinski definition) is 1. The third-order valence-corrected chi connectivity index (χ3v) is 6.63. The van der Waals surface area contributed by atoms with Gasteiger partial charge in [-0.1, -0.05) is 37.3 Å². The molecule has 3 aromatic carbocycles. The van der Waals surface area contributed by atoms with Crippen molar-refractivity contribution in [3.05, 3.63) is 89.0 Å². The molecule has 0 radical (unpaired) electrons. The van der Waals surface area contributed by atoms with E-state index in [0.29, 0.717) is 47.2 Å². The molecule has 0 aliphatic carbocycles. The van der Waals surface area contributed by atoms with Crippen LogP contribution in [-0.2, 0) is 16.0 Å². The maximum Gasteiger partial charge on any atom is 0.295 e. The van der Waals surface area contributed by atoms with E-state index in [9.17, 15) is 14.7 Å². The Labute approximate surface area is 228 Å². The summed E-state index contributed by atoms with van der Waals surface area (Å²) in [6.07, 6.45) is 1.39. The van der Waals surface area contributed by atoms with Crippen molar-refractivity contribution in [3.63, 3.8) is 0 Å². The van der Waals surface area contributed by atoms with E-state index in [-0.39, 0.29) is 17.9 Å². The summed E-state index contributed by atoms with van der Waals surface area (Å²) < 4.78 is 22.2. The quantitative estimate of drug-likeness (QED) is 0.207. The first-order valence-corrected chi connectivity index (χ1v) is 12.8. The number of aliphatic hydroxyl groups is 1. The van der Waals surface area contributed by atoms with E-state index < -0.39 is 17.7 Å². The van der Waals surface area contributed by atoms with Gasteiger partial charge >= 0.3 is 0 Å². The van der Waals surface area contributed by atoms with E-state index in [0.717, 1.165) is 12.0 Å². The zero-order valence-corrected chi connectivity index (χ0v) is 22.6. The Morgan fingerprint density at radius 2 is 1.54 bits per heavy atom. The fourth-order valence-corrected chi connectivity index (χ4v) is 4.70. The van der Waals surface area contributed by atoms with E-state index in [1.54, 1.807) is 36.4 Å². The molecular formula is C31H33NO7. The van der Waals surface area contributed by atoms with Crippen LogP contribution in [0.25, 0.3) is 5.76 Å². The molecule has 0 saturated carbocycles. The number of ether oxygens (including phenoxy) is 4. The number of hydrogen-bond acceptors (Lipinski definition) is 7. The van der Waals surface area contributed by atoms with Crippen molar-refractivity contribution in [2.24, 2.45) is 0 Å². The van der Waals surface area contributed by atoms with Gasteiger partial charge in [-0.3, -0.25) is 9.59 Å². The Balaban J connectivity index is 1.83. The molecule has 8 nitrogen and oxygen atoms in total. The second-order valence-corrected chi connectivity index (χ2v) is 9.06. The van der Waals surface area contributed by atoms with Gasteiger partial charge in [0.15, 0.2) is 11.5 Å². The molecular weight excluding hydrogens is 498 g/mol. The fraction of sp³-hybridized carbons (Fsp3) is 0.290. The van der Waals surface area contributed by atoms with Crippen LogP contribution in [0.1, 0.15) is 36.1 Å². The van der Waals surface area contributed by atoms with Crippen LogP contribution in [0.2, 0.25) is 0 Å². The number of carbonyl (C=O) groups excluding carboxylic acids is 2. The molecule has 1 aliphatic heterocycles. The first-order chi connectivity index (χ1) is 18.9. The highest BCUT2D eigenvalue weighted by Crippen LogP contribution is 2.45. The van der Waals surface area contributed by atoms with Crippen LogP contribution in [0.15, 0.2) is 72.3 Å². The van der Waals surface area contributed by atoms with Crippen molar-refractivity contribution in [2.75, 3.05) is 34.5 Å². The first kappa shape index (κ1) is 27.6. The van der Waals surface area contributed by atoms with Crippen LogP contribution in [-0.4, -0.2) is 56.2 Å². The Kier molecular flexibility index (Phi) is 8.76. The lowest BCUT2D eigenvalue weighted by atomic mass is 9.94. The number of methoxy groups -OCH3 is 3. The zero-order chi connectivity index (χ0) is 27.9. The molecule has 0 bridgehead atoms. The van der Waals surface area contributed by atoms with E-state index in [1.165, 1.54) is 26.2 Å². The maximum absolute atomic E-state index is 13.4. The number of aliphatic hydroxyl groups excluding tert-OH is 1. The highest BCUT2D eigenvalue weighted by molar-refractivity contribution is 6.46. The number of rotatable bonds is 11. The fourth-order valence-electron chi connectivity index (χ4n) is 4.70. The van der Waals surface area contributed by atoms with Crippen molar-refractivity contribution in [2.45, 2.75) is 25.8 Å². The predicted molar refractivity (Wildman–Crippen MR) is 147 cm³/mol. The lowest BCUT2D eigenvalue weighted by Crippen LogP contribution is -2.31. The molecule has 39 heavy (non-hydrogen) atoms. The Morgan fingerprint density at radius 3 is 2.10 bits per heavy atom. The van der Waals surface area contributed by atoms with Gasteiger partial charge in [0.25, 0.3) is 11.7 Å². The van der Waals surface area contributed by atoms with E-state index in [4.69, 9.17) is 18.9 Å². The molecule has 1 aliphatic rings. The van der Waals surface area contributed by atoms with Gasteiger partial charge in [-0.15, -0.1) is 0 Å². The Bertz CT molecular complexity index is 1320. The predicted octanol–water partition coefficient (Wildman–Crippen LogP) is 5.17. The van der Waals surface area contributed by atoms with Gasteiger partial charge in [-0.25, -0.2) is 0 Å². The molecule has 0 aromatic heterocycles. The molecule has 0 spiro atoms. The summed E-state index contributed by atoms with van der Waals surface area (Å²) in [6, 6.07) is 19.0. The van der Waals surface area contributed by atoms with Crippen molar-refractivity contribution >= 4 is 17.4 Å². The minimum atomic E-state index is -0.876. The average Bonchev–Trinajstić information content (AvgIpc) is 3.23. The second kappa shape index (κ2) is 12.4. The second-order valence-electron chi connectivity index (χ2n) is 9.06. The van der Waals surface area contributed by atoms with E-state index in [2.05, 4.69) is 0 Å². The summed E-state index contributed by atoms with van der Waals surface area (Å²) in [6.45, 7) is 2.84. The maximum atomic E-state index is 13.4. The van der Waals surface area contributed by atoms with Gasteiger partial charge in [0, 0.05) is 12.1 Å². The largest absolute Gasteiger partial charge is 0.507 e. The number of likely N-dealkylation sites (tertiary alicyclic amines) is 1. The molecule has 3 aromatic rings. The SMILES string of the molecule is CCCOc1ccc(/C(O)=C2\C(=O)C(=O)N(CCc3ccccc3)C2c2cc(OC)c(OC)c(OC)c2)cc1. The van der Waals surface area contributed by atoms with Crippen LogP contribution < -0.4 is 18.9 Å². The van der Waals surface area contributed by atoms with Crippen molar-refractivity contribution in [3.8, 4) is 23.0 Å². The van der Waals surface area contributed by atoms with Crippen LogP contribution in [0.3, 0.4) is 0 Å². The highest BCUT2D eigenvalue weighted by atomic mass is 16.5. The molecule has 1 fully saturated rings. The summed E-state index contributed by atoms with van der Waals surface area (Å²) >= 11 is 0. The molecule has 1 atom stereocenters. The molecule has 1 heterocycles. The van der Waals surface area contributed by atoms with Crippen LogP contribution in [0.4, 0.5) is 0 Å². The minimum Gasteiger partial charge on any atom is -0.507 e. The van der Waals surface area contributed by atoms with Crippen molar-refractivity contribution in [1.82, 2.24) is 4.90 Å². The van der Waals surface area contributed by atoms with Crippen LogP contribution in [0, 0.1) is 0 Å². The molecule has 1 N–H and O–H groups in total. The highest BCUT2D eigenvalue weighted by Gasteiger charge is 2.46. The zero-order valence-electron chi connectivity index (χ0n) is 22.6. The Hall–Kier alpha value is -4.46. The average molecular weight is 532 g/mol. The molecule has 1 unspecified atom stereocenters. The topological polar surface area (TPSA) is 94.5 Å². The van der Waals surface area contributed by atoms with Gasteiger partial charge in [0.05, 0.1) is 39.6 Å². The van der Waals surface area contributed by atoms with Gasteiger partial charge in [-0.05, 0) is 60.4 Å². The third kappa shape index (κ3) is 5.70. The smallest absolute Gasteiger partial charge is 0.295 e. The van der Waals surface area contributed by atoms with E-state index in [1.807, 2.05) is 37.3 Å². The summed E-state index contributed by atoms with van der Waals surface area (Å²) in [7, 11) is 4.49. The summed E-state index contributed by atoms with van der Waals surface area (Å²) in [5, 5.41) is 11.4. The molecule has 1 amide bonds. The lowest BCUT2D eigenvalue weighted by Gasteiger charge is -2.26. The number of carbonyl (C=O) groups is 2. The van der Waals surface area contributed by atoms with Crippen LogP contribution >= 0.6 is 0 Å². The summed E-state index contributed by atoms with van der Waals surface area (Å²) in [5.41, 5.74) is 1.95. The van der Waals surface area contributed by atoms with Crippen molar-refractivity contribution < 1.29 is 33.6 Å². The first-order valence-electron chi connectivity index (χ1n) is 12.8. The normalized spacial score (nSPS) is 16.3. The summed E-state index contributed by atoms with van der Waals surface area (Å²) in [4.78, 5) is 28.3. The minimum absolute atomic E-state index is 0.00967. The molecule has 1 saturated heterocycles. The summed E-state index contributed by atoms with van der Waals surface area (Å²) in [5.74, 6) is 0.0671. The van der Waals surface area contributed by atoms with E-state index >= 15 is 0 Å². The number of benzene rings is 3. The molecule has 4 rings (SSSR count). The standard InChI is InChI=1S/C31H33NO7/c1-5-17-39-23-13-11-21(12-14-23)28(33)26-27(22-18-24(36-2)30(38-4)25(19-22)37-3)32(31(35)29(26)34)16-15-20-9-7-6-8-10-20/h6-14,18-19,27,33H,5,15-17H2,1-4H3/b28-26+. The third-order valence-electron chi connectivity index (χ3n) is 6.63. The van der Waals surface area contributed by atoms with Crippen molar-refractivity contribution in [1.29, 1.82) is 0 Å². The number of nitrogens with zero attached hydrogens (tertiary/aromatic N) is 1. The number of amides is 1. The number of ketones is 1. The molecule has 204 valence electrons. The van der Waals surface area contributed by atoms with Gasteiger partial charge in [-0.2, -0.15) is 0 Å².